The van der Waals surface area contributed by atoms with Crippen LogP contribution < -0.4 is 0 Å². The summed E-state index contributed by atoms with van der Waals surface area (Å²) < 4.78 is 1.78. The number of aromatic carboxylic acids is 1. The Bertz CT molecular complexity index is 499. The van der Waals surface area contributed by atoms with Crippen molar-refractivity contribution in [1.29, 1.82) is 0 Å². The van der Waals surface area contributed by atoms with Crippen molar-refractivity contribution < 1.29 is 14.7 Å². The summed E-state index contributed by atoms with van der Waals surface area (Å²) in [6.45, 7) is 5.78. The number of carbonyl (C=O) groups is 2. The van der Waals surface area contributed by atoms with Crippen molar-refractivity contribution in [2.24, 2.45) is 5.41 Å². The van der Waals surface area contributed by atoms with E-state index in [0.29, 0.717) is 5.56 Å². The van der Waals surface area contributed by atoms with E-state index in [1.54, 1.807) is 10.8 Å². The number of hydrogen-bond acceptors (Lipinski definition) is 2. The van der Waals surface area contributed by atoms with E-state index in [4.69, 9.17) is 0 Å². The first kappa shape index (κ1) is 12.9. The van der Waals surface area contributed by atoms with Crippen LogP contribution in [0.15, 0.2) is 12.3 Å². The van der Waals surface area contributed by atoms with E-state index in [2.05, 4.69) is 13.8 Å². The molecule has 1 N–H and O–H groups in total. The molecule has 1 fully saturated rings. The summed E-state index contributed by atoms with van der Waals surface area (Å²) in [5.41, 5.74) is 0.785. The number of nitrogens with zero attached hydrogens (tertiary/aromatic N) is 1. The first-order valence-electron chi connectivity index (χ1n) is 6.29. The van der Waals surface area contributed by atoms with Crippen molar-refractivity contribution >= 4 is 11.8 Å². The van der Waals surface area contributed by atoms with E-state index in [-0.39, 0.29) is 22.9 Å². The Kier molecular flexibility index (Phi) is 3.05. The van der Waals surface area contributed by atoms with Crippen LogP contribution in [0.5, 0.6) is 0 Å². The van der Waals surface area contributed by atoms with Gasteiger partial charge >= 0.3 is 5.97 Å². The molecule has 0 aromatic carbocycles. The molecule has 0 bridgehead atoms. The fraction of sp³-hybridized carbons (Fsp3) is 0.571. The quantitative estimate of drug-likeness (QED) is 0.837. The highest BCUT2D eigenvalue weighted by Gasteiger charge is 2.37. The fourth-order valence-corrected chi connectivity index (χ4v) is 2.93. The molecule has 0 amide bonds. The number of rotatable bonds is 3. The summed E-state index contributed by atoms with van der Waals surface area (Å²) in [6.07, 6.45) is 4.86. The molecule has 2 rings (SSSR count). The van der Waals surface area contributed by atoms with Gasteiger partial charge < -0.3 is 9.67 Å². The van der Waals surface area contributed by atoms with Gasteiger partial charge in [-0.25, -0.2) is 4.79 Å². The topological polar surface area (TPSA) is 59.3 Å². The average molecular weight is 249 g/mol. The van der Waals surface area contributed by atoms with Crippen LogP contribution in [0.4, 0.5) is 0 Å². The van der Waals surface area contributed by atoms with Gasteiger partial charge in [-0.05, 0) is 31.2 Å². The third-order valence-corrected chi connectivity index (χ3v) is 4.01. The van der Waals surface area contributed by atoms with Crippen LogP contribution in [0.2, 0.25) is 0 Å². The van der Waals surface area contributed by atoms with Crippen LogP contribution in [0.3, 0.4) is 0 Å². The standard InChI is InChI=1S/C14H19NO3/c1-9(16)10-7-11(13(17)18)15(8-10)12-5-4-6-14(12,2)3/h7-8,12H,4-6H2,1-3H3,(H,17,18). The van der Waals surface area contributed by atoms with Crippen molar-refractivity contribution in [1.82, 2.24) is 4.57 Å². The van der Waals surface area contributed by atoms with Gasteiger partial charge in [0.2, 0.25) is 0 Å². The van der Waals surface area contributed by atoms with Crippen molar-refractivity contribution in [3.63, 3.8) is 0 Å². The minimum absolute atomic E-state index is 0.0806. The second kappa shape index (κ2) is 4.26. The number of aromatic nitrogens is 1. The van der Waals surface area contributed by atoms with Crippen LogP contribution in [0.1, 0.15) is 66.9 Å². The van der Waals surface area contributed by atoms with Crippen LogP contribution >= 0.6 is 0 Å². The second-order valence-corrected chi connectivity index (χ2v) is 5.78. The molecule has 1 atom stereocenters. The maximum atomic E-state index is 11.4. The third kappa shape index (κ3) is 2.07. The zero-order valence-electron chi connectivity index (χ0n) is 11.1. The Morgan fingerprint density at radius 2 is 2.11 bits per heavy atom. The van der Waals surface area contributed by atoms with Crippen molar-refractivity contribution in [3.05, 3.63) is 23.5 Å². The minimum atomic E-state index is -0.967. The molecular formula is C14H19NO3. The highest BCUT2D eigenvalue weighted by atomic mass is 16.4. The van der Waals surface area contributed by atoms with E-state index >= 15 is 0 Å². The number of ketones is 1. The normalized spacial score (nSPS) is 22.1. The van der Waals surface area contributed by atoms with Gasteiger partial charge in [-0.3, -0.25) is 4.79 Å². The summed E-state index contributed by atoms with van der Waals surface area (Å²) in [5, 5.41) is 9.26. The molecule has 1 unspecified atom stereocenters. The highest BCUT2D eigenvalue weighted by Crippen LogP contribution is 2.46. The molecule has 4 heteroatoms. The smallest absolute Gasteiger partial charge is 0.352 e. The molecule has 1 aliphatic carbocycles. The monoisotopic (exact) mass is 249 g/mol. The maximum Gasteiger partial charge on any atom is 0.352 e. The fourth-order valence-electron chi connectivity index (χ4n) is 2.93. The largest absolute Gasteiger partial charge is 0.477 e. The molecule has 0 spiro atoms. The van der Waals surface area contributed by atoms with Crippen molar-refractivity contribution in [2.45, 2.75) is 46.1 Å². The van der Waals surface area contributed by atoms with Gasteiger partial charge in [0.1, 0.15) is 5.69 Å². The highest BCUT2D eigenvalue weighted by molar-refractivity contribution is 5.97. The maximum absolute atomic E-state index is 11.4. The van der Waals surface area contributed by atoms with Gasteiger partial charge in [0, 0.05) is 17.8 Å². The Hall–Kier alpha value is -1.58. The van der Waals surface area contributed by atoms with Gasteiger partial charge in [0.05, 0.1) is 0 Å². The van der Waals surface area contributed by atoms with E-state index < -0.39 is 5.97 Å². The summed E-state index contributed by atoms with van der Waals surface area (Å²) in [5.74, 6) is -1.06. The Morgan fingerprint density at radius 1 is 1.44 bits per heavy atom. The molecule has 1 aliphatic rings. The van der Waals surface area contributed by atoms with E-state index in [9.17, 15) is 14.7 Å². The number of carboxylic acid groups (broad SMARTS) is 1. The predicted molar refractivity (Wildman–Crippen MR) is 68.1 cm³/mol. The lowest BCUT2D eigenvalue weighted by atomic mass is 9.87. The third-order valence-electron chi connectivity index (χ3n) is 4.01. The Balaban J connectivity index is 2.49. The zero-order valence-corrected chi connectivity index (χ0v) is 11.1. The SMILES string of the molecule is CC(=O)c1cc(C(=O)O)n(C2CCCC2(C)C)c1. The van der Waals surface area contributed by atoms with Crippen LogP contribution in [-0.2, 0) is 0 Å². The Labute approximate surface area is 107 Å². The molecule has 18 heavy (non-hydrogen) atoms. The molecule has 98 valence electrons. The first-order valence-corrected chi connectivity index (χ1v) is 6.29. The van der Waals surface area contributed by atoms with Gasteiger partial charge in [0.15, 0.2) is 5.78 Å². The summed E-state index contributed by atoms with van der Waals surface area (Å²) >= 11 is 0. The lowest BCUT2D eigenvalue weighted by molar-refractivity contribution is 0.0678. The van der Waals surface area contributed by atoms with Crippen molar-refractivity contribution in [2.75, 3.05) is 0 Å². The molecule has 1 aromatic heterocycles. The minimum Gasteiger partial charge on any atom is -0.477 e. The number of carbonyl (C=O) groups excluding carboxylic acids is 1. The lowest BCUT2D eigenvalue weighted by Crippen LogP contribution is -2.23. The van der Waals surface area contributed by atoms with Gasteiger partial charge in [-0.2, -0.15) is 0 Å². The summed E-state index contributed by atoms with van der Waals surface area (Å²) in [7, 11) is 0. The van der Waals surface area contributed by atoms with Gasteiger partial charge in [-0.15, -0.1) is 0 Å². The molecular weight excluding hydrogens is 230 g/mol. The van der Waals surface area contributed by atoms with Gasteiger partial charge in [0.25, 0.3) is 0 Å². The number of carboxylic acids is 1. The van der Waals surface area contributed by atoms with E-state index in [1.807, 2.05) is 0 Å². The van der Waals surface area contributed by atoms with Crippen LogP contribution in [0.25, 0.3) is 0 Å². The van der Waals surface area contributed by atoms with Crippen molar-refractivity contribution in [3.8, 4) is 0 Å². The molecule has 0 aliphatic heterocycles. The number of hydrogen-bond donors (Lipinski definition) is 1. The molecule has 0 radical (unpaired) electrons. The first-order chi connectivity index (χ1) is 8.33. The van der Waals surface area contributed by atoms with E-state index in [1.165, 1.54) is 13.0 Å². The van der Waals surface area contributed by atoms with E-state index in [0.717, 1.165) is 19.3 Å². The van der Waals surface area contributed by atoms with Gasteiger partial charge in [-0.1, -0.05) is 20.3 Å². The molecule has 1 saturated carbocycles. The van der Waals surface area contributed by atoms with Crippen LogP contribution in [-0.4, -0.2) is 21.4 Å². The zero-order chi connectivity index (χ0) is 13.5. The lowest BCUT2D eigenvalue weighted by Gasteiger charge is -2.29. The average Bonchev–Trinajstić information content (AvgIpc) is 2.80. The molecule has 4 nitrogen and oxygen atoms in total. The van der Waals surface area contributed by atoms with Crippen LogP contribution in [0, 0.1) is 5.41 Å². The predicted octanol–water partition coefficient (Wildman–Crippen LogP) is 3.14. The summed E-state index contributed by atoms with van der Waals surface area (Å²) in [6, 6.07) is 1.65. The number of Topliss-reactive ketones (excluding diaryl/α,β-unsaturated/α-hetero) is 1. The molecule has 1 heterocycles. The summed E-state index contributed by atoms with van der Waals surface area (Å²) in [4.78, 5) is 22.7. The Morgan fingerprint density at radius 3 is 2.56 bits per heavy atom. The molecule has 0 saturated heterocycles. The molecule has 1 aromatic rings. The second-order valence-electron chi connectivity index (χ2n) is 5.78.